The standard InChI is InChI=1S/C17H15N5O2S/c23-25(24,14-7-3-5-13-6-4-10-18-17(13)14)19-11-9-16-21-20-15-8-1-2-12-22(15)16/h1-8,10,12,19H,9,11H2. The van der Waals surface area contributed by atoms with E-state index in [2.05, 4.69) is 19.9 Å². The minimum Gasteiger partial charge on any atom is -0.286 e. The molecule has 0 saturated carbocycles. The van der Waals surface area contributed by atoms with Gasteiger partial charge in [-0.1, -0.05) is 24.3 Å². The van der Waals surface area contributed by atoms with Crippen molar-refractivity contribution in [2.45, 2.75) is 11.3 Å². The van der Waals surface area contributed by atoms with Crippen LogP contribution in [0.5, 0.6) is 0 Å². The lowest BCUT2D eigenvalue weighted by Gasteiger charge is -2.08. The van der Waals surface area contributed by atoms with E-state index < -0.39 is 10.0 Å². The van der Waals surface area contributed by atoms with Crippen molar-refractivity contribution >= 4 is 26.6 Å². The van der Waals surface area contributed by atoms with E-state index in [0.29, 0.717) is 17.8 Å². The SMILES string of the molecule is O=S(=O)(NCCc1nnc2ccccn12)c1cccc2cccnc12. The van der Waals surface area contributed by atoms with E-state index in [1.165, 1.54) is 0 Å². The quantitative estimate of drug-likeness (QED) is 0.591. The zero-order valence-corrected chi connectivity index (χ0v) is 14.0. The Morgan fingerprint density at radius 2 is 1.88 bits per heavy atom. The summed E-state index contributed by atoms with van der Waals surface area (Å²) < 4.78 is 29.8. The van der Waals surface area contributed by atoms with Crippen molar-refractivity contribution in [2.24, 2.45) is 0 Å². The molecule has 1 aromatic carbocycles. The zero-order valence-electron chi connectivity index (χ0n) is 13.2. The van der Waals surface area contributed by atoms with E-state index in [1.807, 2.05) is 40.9 Å². The van der Waals surface area contributed by atoms with Gasteiger partial charge in [-0.3, -0.25) is 9.38 Å². The predicted molar refractivity (Wildman–Crippen MR) is 93.6 cm³/mol. The maximum atomic E-state index is 12.6. The fourth-order valence-electron chi connectivity index (χ4n) is 2.73. The van der Waals surface area contributed by atoms with Gasteiger partial charge in [0, 0.05) is 30.7 Å². The second kappa shape index (κ2) is 6.23. The number of benzene rings is 1. The summed E-state index contributed by atoms with van der Waals surface area (Å²) in [6.07, 6.45) is 3.88. The zero-order chi connectivity index (χ0) is 17.3. The maximum absolute atomic E-state index is 12.6. The van der Waals surface area contributed by atoms with Crippen LogP contribution in [0.15, 0.2) is 65.8 Å². The highest BCUT2D eigenvalue weighted by molar-refractivity contribution is 7.89. The molecule has 0 aliphatic rings. The molecule has 4 aromatic rings. The number of nitrogens with one attached hydrogen (secondary N) is 1. The molecule has 0 saturated heterocycles. The molecular weight excluding hydrogens is 338 g/mol. The number of hydrogen-bond donors (Lipinski definition) is 1. The molecule has 126 valence electrons. The van der Waals surface area contributed by atoms with Crippen molar-refractivity contribution in [3.8, 4) is 0 Å². The Kier molecular flexibility index (Phi) is 3.90. The van der Waals surface area contributed by atoms with Crippen LogP contribution in [0, 0.1) is 0 Å². The van der Waals surface area contributed by atoms with E-state index >= 15 is 0 Å². The van der Waals surface area contributed by atoms with Gasteiger partial charge in [0.05, 0.1) is 5.52 Å². The number of sulfonamides is 1. The lowest BCUT2D eigenvalue weighted by Crippen LogP contribution is -2.26. The molecular formula is C17H15N5O2S. The molecule has 3 aromatic heterocycles. The Morgan fingerprint density at radius 1 is 1.00 bits per heavy atom. The number of rotatable bonds is 5. The molecule has 0 aliphatic heterocycles. The van der Waals surface area contributed by atoms with E-state index in [1.54, 1.807) is 24.4 Å². The molecule has 0 spiro atoms. The normalized spacial score (nSPS) is 12.0. The monoisotopic (exact) mass is 353 g/mol. The van der Waals surface area contributed by atoms with Gasteiger partial charge in [0.15, 0.2) is 5.65 Å². The van der Waals surface area contributed by atoms with Crippen LogP contribution in [0.3, 0.4) is 0 Å². The number of para-hydroxylation sites is 1. The summed E-state index contributed by atoms with van der Waals surface area (Å²) in [5.74, 6) is 0.703. The second-order valence-electron chi connectivity index (χ2n) is 5.52. The Bertz CT molecular complexity index is 1150. The highest BCUT2D eigenvalue weighted by Gasteiger charge is 2.18. The molecule has 25 heavy (non-hydrogen) atoms. The fourth-order valence-corrected chi connectivity index (χ4v) is 3.94. The Balaban J connectivity index is 1.55. The minimum atomic E-state index is -3.66. The molecule has 4 rings (SSSR count). The van der Waals surface area contributed by atoms with Crippen LogP contribution in [-0.2, 0) is 16.4 Å². The first-order chi connectivity index (χ1) is 12.1. The summed E-state index contributed by atoms with van der Waals surface area (Å²) in [4.78, 5) is 4.38. The Morgan fingerprint density at radius 3 is 2.80 bits per heavy atom. The molecule has 8 heteroatoms. The lowest BCUT2D eigenvalue weighted by molar-refractivity contribution is 0.581. The largest absolute Gasteiger partial charge is 0.286 e. The molecule has 3 heterocycles. The number of nitrogens with zero attached hydrogens (tertiary/aromatic N) is 4. The molecule has 0 aliphatic carbocycles. The Hall–Kier alpha value is -2.84. The van der Waals surface area contributed by atoms with Crippen LogP contribution < -0.4 is 4.72 Å². The molecule has 0 bridgehead atoms. The van der Waals surface area contributed by atoms with Crippen LogP contribution in [-0.4, -0.2) is 34.5 Å². The highest BCUT2D eigenvalue weighted by atomic mass is 32.2. The minimum absolute atomic E-state index is 0.178. The third kappa shape index (κ3) is 2.97. The van der Waals surface area contributed by atoms with Gasteiger partial charge in [0.2, 0.25) is 10.0 Å². The first-order valence-electron chi connectivity index (χ1n) is 7.77. The summed E-state index contributed by atoms with van der Waals surface area (Å²) in [6, 6.07) is 14.3. The number of pyridine rings is 2. The van der Waals surface area contributed by atoms with Crippen LogP contribution in [0.4, 0.5) is 0 Å². The van der Waals surface area contributed by atoms with E-state index in [9.17, 15) is 8.42 Å². The van der Waals surface area contributed by atoms with Gasteiger partial charge in [-0.15, -0.1) is 10.2 Å². The third-order valence-corrected chi connectivity index (χ3v) is 5.40. The molecule has 0 radical (unpaired) electrons. The summed E-state index contributed by atoms with van der Waals surface area (Å²) in [5, 5.41) is 8.95. The van der Waals surface area contributed by atoms with Crippen molar-refractivity contribution in [2.75, 3.05) is 6.54 Å². The predicted octanol–water partition coefficient (Wildman–Crippen LogP) is 1.80. The van der Waals surface area contributed by atoms with Gasteiger partial charge in [0.25, 0.3) is 0 Å². The third-order valence-electron chi connectivity index (χ3n) is 3.91. The maximum Gasteiger partial charge on any atom is 0.242 e. The highest BCUT2D eigenvalue weighted by Crippen LogP contribution is 2.20. The average molecular weight is 353 g/mol. The van der Waals surface area contributed by atoms with Crippen molar-refractivity contribution in [3.63, 3.8) is 0 Å². The summed E-state index contributed by atoms with van der Waals surface area (Å²) >= 11 is 0. The number of aromatic nitrogens is 4. The fraction of sp³-hybridized carbons (Fsp3) is 0.118. The van der Waals surface area contributed by atoms with Gasteiger partial charge >= 0.3 is 0 Å². The van der Waals surface area contributed by atoms with E-state index in [4.69, 9.17) is 0 Å². The smallest absolute Gasteiger partial charge is 0.242 e. The first kappa shape index (κ1) is 15.7. The molecule has 0 fully saturated rings. The van der Waals surface area contributed by atoms with Crippen LogP contribution >= 0.6 is 0 Å². The molecule has 7 nitrogen and oxygen atoms in total. The van der Waals surface area contributed by atoms with Crippen LogP contribution in [0.25, 0.3) is 16.6 Å². The van der Waals surface area contributed by atoms with E-state index in [-0.39, 0.29) is 11.4 Å². The summed E-state index contributed by atoms with van der Waals surface area (Å²) in [7, 11) is -3.66. The van der Waals surface area contributed by atoms with Gasteiger partial charge in [0.1, 0.15) is 10.7 Å². The lowest BCUT2D eigenvalue weighted by atomic mass is 10.2. The van der Waals surface area contributed by atoms with Gasteiger partial charge < -0.3 is 0 Å². The van der Waals surface area contributed by atoms with Crippen molar-refractivity contribution < 1.29 is 8.42 Å². The van der Waals surface area contributed by atoms with Gasteiger partial charge in [-0.25, -0.2) is 13.1 Å². The van der Waals surface area contributed by atoms with Crippen molar-refractivity contribution in [1.82, 2.24) is 24.3 Å². The molecule has 1 N–H and O–H groups in total. The number of fused-ring (bicyclic) bond motifs is 2. The topological polar surface area (TPSA) is 89.2 Å². The molecule has 0 amide bonds. The van der Waals surface area contributed by atoms with Crippen LogP contribution in [0.1, 0.15) is 5.82 Å². The van der Waals surface area contributed by atoms with Crippen LogP contribution in [0.2, 0.25) is 0 Å². The Labute approximate surface area is 144 Å². The van der Waals surface area contributed by atoms with Gasteiger partial charge in [-0.05, 0) is 24.3 Å². The number of hydrogen-bond acceptors (Lipinski definition) is 5. The first-order valence-corrected chi connectivity index (χ1v) is 9.25. The summed E-state index contributed by atoms with van der Waals surface area (Å²) in [6.45, 7) is 0.223. The summed E-state index contributed by atoms with van der Waals surface area (Å²) in [5.41, 5.74) is 1.20. The van der Waals surface area contributed by atoms with Crippen molar-refractivity contribution in [1.29, 1.82) is 0 Å². The van der Waals surface area contributed by atoms with Gasteiger partial charge in [-0.2, -0.15) is 0 Å². The average Bonchev–Trinajstić information content (AvgIpc) is 3.04. The second-order valence-corrected chi connectivity index (χ2v) is 7.26. The molecule has 0 unspecified atom stereocenters. The van der Waals surface area contributed by atoms with E-state index in [0.717, 1.165) is 11.0 Å². The molecule has 0 atom stereocenters. The van der Waals surface area contributed by atoms with Crippen molar-refractivity contribution in [3.05, 3.63) is 66.7 Å².